The van der Waals surface area contributed by atoms with E-state index >= 15 is 0 Å². The SMILES string of the molecule is NC(=O)OC/C(=C/F)COc1ccc2c(c1)CC(=O)C(c1ccccc1)=N2. The average Bonchev–Trinajstić information content (AvgIpc) is 2.68. The fraction of sp³-hybridized carbons (Fsp3) is 0.150. The van der Waals surface area contributed by atoms with Gasteiger partial charge in [-0.3, -0.25) is 4.79 Å². The van der Waals surface area contributed by atoms with Crippen LogP contribution in [0.25, 0.3) is 0 Å². The molecule has 6 nitrogen and oxygen atoms in total. The van der Waals surface area contributed by atoms with Crippen molar-refractivity contribution in [3.8, 4) is 5.75 Å². The van der Waals surface area contributed by atoms with Crippen molar-refractivity contribution < 1.29 is 23.5 Å². The Morgan fingerprint density at radius 1 is 1.19 bits per heavy atom. The van der Waals surface area contributed by atoms with Gasteiger partial charge in [-0.25, -0.2) is 14.2 Å². The van der Waals surface area contributed by atoms with Gasteiger partial charge < -0.3 is 15.2 Å². The number of halogens is 1. The first kappa shape index (κ1) is 18.3. The number of hydrogen-bond acceptors (Lipinski definition) is 5. The Labute approximate surface area is 155 Å². The number of nitrogens with zero attached hydrogens (tertiary/aromatic N) is 1. The van der Waals surface area contributed by atoms with Gasteiger partial charge >= 0.3 is 6.09 Å². The molecular weight excluding hydrogens is 351 g/mol. The number of benzene rings is 2. The first-order valence-electron chi connectivity index (χ1n) is 8.20. The Morgan fingerprint density at radius 2 is 1.96 bits per heavy atom. The summed E-state index contributed by atoms with van der Waals surface area (Å²) in [4.78, 5) is 27.5. The largest absolute Gasteiger partial charge is 0.489 e. The van der Waals surface area contributed by atoms with Crippen molar-refractivity contribution in [3.05, 3.63) is 71.6 Å². The van der Waals surface area contributed by atoms with Crippen LogP contribution in [-0.4, -0.2) is 30.8 Å². The molecule has 0 saturated heterocycles. The molecule has 0 saturated carbocycles. The molecule has 0 unspecified atom stereocenters. The van der Waals surface area contributed by atoms with E-state index in [1.54, 1.807) is 18.2 Å². The molecule has 0 aromatic heterocycles. The lowest BCUT2D eigenvalue weighted by Gasteiger charge is -2.16. The zero-order valence-corrected chi connectivity index (χ0v) is 14.4. The highest BCUT2D eigenvalue weighted by Crippen LogP contribution is 2.30. The van der Waals surface area contributed by atoms with E-state index in [0.717, 1.165) is 11.1 Å². The van der Waals surface area contributed by atoms with Crippen LogP contribution in [-0.2, 0) is 16.0 Å². The zero-order valence-electron chi connectivity index (χ0n) is 14.4. The standard InChI is InChI=1S/C20H17FN2O4/c21-10-13(12-27-20(22)25)11-26-16-6-7-17-15(8-16)9-18(24)19(23-17)14-4-2-1-3-5-14/h1-8,10H,9,11-12H2,(H2,22,25)/b13-10+. The summed E-state index contributed by atoms with van der Waals surface area (Å²) in [5.41, 5.74) is 7.60. The number of fused-ring (bicyclic) bond motifs is 1. The summed E-state index contributed by atoms with van der Waals surface area (Å²) in [5.74, 6) is 0.378. The minimum Gasteiger partial charge on any atom is -0.489 e. The lowest BCUT2D eigenvalue weighted by Crippen LogP contribution is -2.21. The molecule has 7 heteroatoms. The first-order valence-corrected chi connectivity index (χ1v) is 8.20. The molecule has 0 fully saturated rings. The Hall–Kier alpha value is -3.48. The maximum atomic E-state index is 12.8. The molecule has 1 aliphatic heterocycles. The summed E-state index contributed by atoms with van der Waals surface area (Å²) in [5, 5.41) is 0. The highest BCUT2D eigenvalue weighted by Gasteiger charge is 2.22. The van der Waals surface area contributed by atoms with Gasteiger partial charge in [0.05, 0.1) is 12.0 Å². The number of rotatable bonds is 6. The molecule has 2 aromatic carbocycles. The summed E-state index contributed by atoms with van der Waals surface area (Å²) in [6.45, 7) is -0.408. The maximum Gasteiger partial charge on any atom is 0.404 e. The number of carbonyl (C=O) groups excluding carboxylic acids is 2. The minimum atomic E-state index is -0.992. The topological polar surface area (TPSA) is 91.0 Å². The summed E-state index contributed by atoms with van der Waals surface area (Å²) < 4.78 is 22.8. The van der Waals surface area contributed by atoms with Crippen molar-refractivity contribution in [1.29, 1.82) is 0 Å². The lowest BCUT2D eigenvalue weighted by atomic mass is 9.96. The number of aliphatic imine (C=N–C) groups is 1. The van der Waals surface area contributed by atoms with Gasteiger partial charge in [0.15, 0.2) is 5.78 Å². The van der Waals surface area contributed by atoms with Crippen LogP contribution in [0.3, 0.4) is 0 Å². The molecule has 0 aliphatic carbocycles. The smallest absolute Gasteiger partial charge is 0.404 e. The van der Waals surface area contributed by atoms with Crippen molar-refractivity contribution in [1.82, 2.24) is 0 Å². The zero-order chi connectivity index (χ0) is 19.2. The second-order valence-corrected chi connectivity index (χ2v) is 5.88. The highest BCUT2D eigenvalue weighted by atomic mass is 19.1. The van der Waals surface area contributed by atoms with E-state index in [9.17, 15) is 14.0 Å². The number of nitrogens with two attached hydrogens (primary N) is 1. The molecule has 27 heavy (non-hydrogen) atoms. The van der Waals surface area contributed by atoms with E-state index in [4.69, 9.17) is 10.5 Å². The van der Waals surface area contributed by atoms with E-state index < -0.39 is 6.09 Å². The molecule has 1 amide bonds. The molecule has 1 heterocycles. The van der Waals surface area contributed by atoms with Crippen LogP contribution in [0.15, 0.2) is 65.4 Å². The molecule has 0 bridgehead atoms. The molecule has 0 atom stereocenters. The third-order valence-electron chi connectivity index (χ3n) is 3.92. The van der Waals surface area contributed by atoms with Crippen LogP contribution in [0.5, 0.6) is 5.75 Å². The van der Waals surface area contributed by atoms with Crippen molar-refractivity contribution in [2.45, 2.75) is 6.42 Å². The van der Waals surface area contributed by atoms with E-state index in [2.05, 4.69) is 9.73 Å². The maximum absolute atomic E-state index is 12.8. The number of carbonyl (C=O) groups is 2. The number of ether oxygens (including phenoxy) is 2. The van der Waals surface area contributed by atoms with Crippen molar-refractivity contribution >= 4 is 23.3 Å². The number of Topliss-reactive ketones (excluding diaryl/α,β-unsaturated/α-hetero) is 1. The Kier molecular flexibility index (Phi) is 5.61. The van der Waals surface area contributed by atoms with Crippen LogP contribution in [0.2, 0.25) is 0 Å². The van der Waals surface area contributed by atoms with Gasteiger partial charge in [-0.1, -0.05) is 30.3 Å². The molecule has 138 valence electrons. The van der Waals surface area contributed by atoms with E-state index in [1.807, 2.05) is 30.3 Å². The van der Waals surface area contributed by atoms with Gasteiger partial charge in [-0.2, -0.15) is 0 Å². The van der Waals surface area contributed by atoms with Crippen molar-refractivity contribution in [3.63, 3.8) is 0 Å². The van der Waals surface area contributed by atoms with Crippen LogP contribution in [0.4, 0.5) is 14.9 Å². The number of amides is 1. The second-order valence-electron chi connectivity index (χ2n) is 5.88. The van der Waals surface area contributed by atoms with E-state index in [-0.39, 0.29) is 31.0 Å². The fourth-order valence-electron chi connectivity index (χ4n) is 2.61. The van der Waals surface area contributed by atoms with Crippen LogP contribution < -0.4 is 10.5 Å². The fourth-order valence-corrected chi connectivity index (χ4v) is 2.61. The molecule has 0 spiro atoms. The van der Waals surface area contributed by atoms with Gasteiger partial charge in [0.1, 0.15) is 24.7 Å². The highest BCUT2D eigenvalue weighted by molar-refractivity contribution is 6.47. The predicted octanol–water partition coefficient (Wildman–Crippen LogP) is 3.26. The van der Waals surface area contributed by atoms with Gasteiger partial charge in [0.25, 0.3) is 0 Å². The quantitative estimate of drug-likeness (QED) is 0.847. The van der Waals surface area contributed by atoms with Gasteiger partial charge in [0.2, 0.25) is 0 Å². The summed E-state index contributed by atoms with van der Waals surface area (Å²) >= 11 is 0. The first-order chi connectivity index (χ1) is 13.1. The average molecular weight is 368 g/mol. The van der Waals surface area contributed by atoms with Crippen LogP contribution >= 0.6 is 0 Å². The summed E-state index contributed by atoms with van der Waals surface area (Å²) in [6.07, 6.45) is -0.480. The Balaban J connectivity index is 1.73. The third kappa shape index (κ3) is 4.58. The van der Waals surface area contributed by atoms with Gasteiger partial charge in [-0.05, 0) is 23.8 Å². The number of hydrogen-bond donors (Lipinski definition) is 1. The molecule has 2 N–H and O–H groups in total. The normalized spacial score (nSPS) is 13.6. The van der Waals surface area contributed by atoms with Crippen molar-refractivity contribution in [2.24, 2.45) is 10.7 Å². The molecular formula is C20H17FN2O4. The Bertz CT molecular complexity index is 923. The minimum absolute atomic E-state index is 0.0787. The molecule has 2 aromatic rings. The number of primary amides is 1. The van der Waals surface area contributed by atoms with Crippen molar-refractivity contribution in [2.75, 3.05) is 13.2 Å². The predicted molar refractivity (Wildman–Crippen MR) is 98.0 cm³/mol. The number of ketones is 1. The monoisotopic (exact) mass is 368 g/mol. The van der Waals surface area contributed by atoms with Gasteiger partial charge in [0, 0.05) is 17.6 Å². The summed E-state index contributed by atoms with van der Waals surface area (Å²) in [7, 11) is 0. The molecule has 1 aliphatic rings. The molecule has 0 radical (unpaired) electrons. The van der Waals surface area contributed by atoms with Gasteiger partial charge in [-0.15, -0.1) is 0 Å². The van der Waals surface area contributed by atoms with E-state index in [1.165, 1.54) is 0 Å². The molecule has 3 rings (SSSR count). The van der Waals surface area contributed by atoms with Crippen LogP contribution in [0, 0.1) is 0 Å². The second kappa shape index (κ2) is 8.27. The van der Waals surface area contributed by atoms with E-state index in [0.29, 0.717) is 23.5 Å². The summed E-state index contributed by atoms with van der Waals surface area (Å²) in [6, 6.07) is 14.4. The Morgan fingerprint density at radius 3 is 2.67 bits per heavy atom. The van der Waals surface area contributed by atoms with Crippen LogP contribution in [0.1, 0.15) is 11.1 Å². The lowest BCUT2D eigenvalue weighted by molar-refractivity contribution is -0.112. The third-order valence-corrected chi connectivity index (χ3v) is 3.92.